The van der Waals surface area contributed by atoms with Crippen molar-refractivity contribution in [2.24, 2.45) is 16.7 Å². The predicted molar refractivity (Wildman–Crippen MR) is 64.8 cm³/mol. The Kier molecular flexibility index (Phi) is 1.43. The van der Waals surface area contributed by atoms with Gasteiger partial charge in [0.15, 0.2) is 11.6 Å². The Morgan fingerprint density at radius 1 is 1.17 bits per heavy atom. The Bertz CT molecular complexity index is 595. The standard InChI is InChI=1S/C15H16O3/c1-7-10(16)6-8-5-9-11(17)13(2,3)12-15(9,18-12)14(7,8)4/h5-7,12H,1-4H3. The van der Waals surface area contributed by atoms with Crippen LogP contribution in [-0.4, -0.2) is 23.3 Å². The molecule has 18 heavy (non-hydrogen) atoms. The highest BCUT2D eigenvalue weighted by Gasteiger charge is 2.84. The molecule has 1 heterocycles. The Balaban J connectivity index is 1.98. The van der Waals surface area contributed by atoms with E-state index in [4.69, 9.17) is 4.74 Å². The van der Waals surface area contributed by atoms with E-state index in [1.807, 2.05) is 26.8 Å². The summed E-state index contributed by atoms with van der Waals surface area (Å²) >= 11 is 0. The summed E-state index contributed by atoms with van der Waals surface area (Å²) in [6, 6.07) is 0. The van der Waals surface area contributed by atoms with Crippen molar-refractivity contribution < 1.29 is 14.3 Å². The molecule has 3 nitrogen and oxygen atoms in total. The number of carbonyl (C=O) groups excluding carboxylic acids is 2. The first-order chi connectivity index (χ1) is 8.28. The first kappa shape index (κ1) is 10.7. The molecular formula is C15H16O3. The average molecular weight is 244 g/mol. The highest BCUT2D eigenvalue weighted by atomic mass is 16.6. The second kappa shape index (κ2) is 2.42. The Morgan fingerprint density at radius 3 is 2.50 bits per heavy atom. The molecule has 4 unspecified atom stereocenters. The summed E-state index contributed by atoms with van der Waals surface area (Å²) in [5, 5.41) is 0. The van der Waals surface area contributed by atoms with E-state index in [2.05, 4.69) is 6.92 Å². The molecule has 4 atom stereocenters. The van der Waals surface area contributed by atoms with E-state index in [0.29, 0.717) is 0 Å². The van der Waals surface area contributed by atoms with E-state index in [1.165, 1.54) is 0 Å². The van der Waals surface area contributed by atoms with Gasteiger partial charge < -0.3 is 4.74 Å². The van der Waals surface area contributed by atoms with Crippen LogP contribution in [-0.2, 0) is 14.3 Å². The van der Waals surface area contributed by atoms with Crippen molar-refractivity contribution in [2.45, 2.75) is 39.4 Å². The van der Waals surface area contributed by atoms with Gasteiger partial charge in [0.2, 0.25) is 0 Å². The van der Waals surface area contributed by atoms with Crippen LogP contribution in [0.15, 0.2) is 23.3 Å². The number of hydrogen-bond acceptors (Lipinski definition) is 3. The van der Waals surface area contributed by atoms with Crippen molar-refractivity contribution in [3.05, 3.63) is 23.3 Å². The lowest BCUT2D eigenvalue weighted by Crippen LogP contribution is -2.40. The van der Waals surface area contributed by atoms with Crippen LogP contribution in [0.2, 0.25) is 0 Å². The van der Waals surface area contributed by atoms with Crippen molar-refractivity contribution in [1.29, 1.82) is 0 Å². The molecule has 4 rings (SSSR count). The zero-order valence-corrected chi connectivity index (χ0v) is 11.0. The second-order valence-electron chi connectivity index (χ2n) is 6.77. The number of carbonyl (C=O) groups is 2. The van der Waals surface area contributed by atoms with Gasteiger partial charge in [-0.25, -0.2) is 0 Å². The summed E-state index contributed by atoms with van der Waals surface area (Å²) in [7, 11) is 0. The van der Waals surface area contributed by atoms with Crippen LogP contribution in [0.1, 0.15) is 27.7 Å². The zero-order valence-electron chi connectivity index (χ0n) is 11.0. The van der Waals surface area contributed by atoms with Gasteiger partial charge in [-0.15, -0.1) is 0 Å². The van der Waals surface area contributed by atoms with E-state index in [9.17, 15) is 9.59 Å². The molecule has 0 bridgehead atoms. The zero-order chi connectivity index (χ0) is 13.1. The van der Waals surface area contributed by atoms with Crippen molar-refractivity contribution in [3.8, 4) is 0 Å². The average Bonchev–Trinajstić information content (AvgIpc) is 2.93. The fourth-order valence-electron chi connectivity index (χ4n) is 4.34. The third-order valence-corrected chi connectivity index (χ3v) is 5.76. The number of ether oxygens (including phenoxy) is 1. The molecule has 3 aliphatic carbocycles. The van der Waals surface area contributed by atoms with E-state index in [-0.39, 0.29) is 29.0 Å². The molecule has 0 amide bonds. The highest BCUT2D eigenvalue weighted by Crippen LogP contribution is 2.75. The summed E-state index contributed by atoms with van der Waals surface area (Å²) < 4.78 is 6.00. The number of rotatable bonds is 0. The minimum absolute atomic E-state index is 0.0620. The Morgan fingerprint density at radius 2 is 1.83 bits per heavy atom. The predicted octanol–water partition coefficient (Wildman–Crippen LogP) is 1.82. The number of fused-ring (bicyclic) bond motifs is 1. The first-order valence-electron chi connectivity index (χ1n) is 6.48. The topological polar surface area (TPSA) is 46.7 Å². The molecule has 1 saturated carbocycles. The largest absolute Gasteiger partial charge is 0.359 e. The lowest BCUT2D eigenvalue weighted by molar-refractivity contribution is -0.125. The van der Waals surface area contributed by atoms with E-state index >= 15 is 0 Å². The van der Waals surface area contributed by atoms with Gasteiger partial charge in [-0.2, -0.15) is 0 Å². The smallest absolute Gasteiger partial charge is 0.170 e. The number of Topliss-reactive ketones (excluding diaryl/α,β-unsaturated/α-hetero) is 1. The van der Waals surface area contributed by atoms with Crippen LogP contribution >= 0.6 is 0 Å². The highest BCUT2D eigenvalue weighted by molar-refractivity contribution is 6.11. The van der Waals surface area contributed by atoms with E-state index in [0.717, 1.165) is 11.1 Å². The van der Waals surface area contributed by atoms with Crippen LogP contribution in [0.25, 0.3) is 0 Å². The van der Waals surface area contributed by atoms with Crippen LogP contribution in [0, 0.1) is 16.7 Å². The van der Waals surface area contributed by atoms with Crippen molar-refractivity contribution in [2.75, 3.05) is 0 Å². The fraction of sp³-hybridized carbons (Fsp3) is 0.600. The minimum atomic E-state index is -0.509. The van der Waals surface area contributed by atoms with Gasteiger partial charge in [-0.3, -0.25) is 9.59 Å². The molecule has 1 saturated heterocycles. The molecule has 3 heteroatoms. The number of epoxide rings is 1. The Hall–Kier alpha value is -1.22. The van der Waals surface area contributed by atoms with Crippen molar-refractivity contribution >= 4 is 11.6 Å². The molecular weight excluding hydrogens is 228 g/mol. The lowest BCUT2D eigenvalue weighted by Gasteiger charge is -2.32. The number of hydrogen-bond donors (Lipinski definition) is 0. The molecule has 94 valence electrons. The van der Waals surface area contributed by atoms with Gasteiger partial charge in [0, 0.05) is 16.9 Å². The third-order valence-electron chi connectivity index (χ3n) is 5.76. The maximum Gasteiger partial charge on any atom is 0.170 e. The first-order valence-corrected chi connectivity index (χ1v) is 6.48. The Labute approximate surface area is 106 Å². The molecule has 0 aromatic carbocycles. The molecule has 4 aliphatic rings. The lowest BCUT2D eigenvalue weighted by atomic mass is 9.67. The molecule has 0 aromatic rings. The summed E-state index contributed by atoms with van der Waals surface area (Å²) in [5.41, 5.74) is 0.483. The second-order valence-corrected chi connectivity index (χ2v) is 6.77. The maximum absolute atomic E-state index is 12.4. The van der Waals surface area contributed by atoms with Gasteiger partial charge in [0.25, 0.3) is 0 Å². The van der Waals surface area contributed by atoms with Crippen LogP contribution in [0.4, 0.5) is 0 Å². The monoisotopic (exact) mass is 244 g/mol. The molecule has 0 aromatic heterocycles. The van der Waals surface area contributed by atoms with Crippen LogP contribution in [0.3, 0.4) is 0 Å². The molecule has 0 N–H and O–H groups in total. The van der Waals surface area contributed by atoms with Gasteiger partial charge in [-0.1, -0.05) is 13.8 Å². The van der Waals surface area contributed by atoms with E-state index in [1.54, 1.807) is 6.08 Å². The van der Waals surface area contributed by atoms with E-state index < -0.39 is 11.0 Å². The number of allylic oxidation sites excluding steroid dienone is 2. The van der Waals surface area contributed by atoms with Crippen LogP contribution in [0.5, 0.6) is 0 Å². The molecule has 2 fully saturated rings. The maximum atomic E-state index is 12.4. The van der Waals surface area contributed by atoms with Crippen molar-refractivity contribution in [1.82, 2.24) is 0 Å². The molecule has 1 aliphatic heterocycles. The van der Waals surface area contributed by atoms with Gasteiger partial charge in [-0.05, 0) is 31.6 Å². The quantitative estimate of drug-likeness (QED) is 0.611. The minimum Gasteiger partial charge on any atom is -0.359 e. The molecule has 1 spiro atoms. The third kappa shape index (κ3) is 0.712. The van der Waals surface area contributed by atoms with Crippen LogP contribution < -0.4 is 0 Å². The SMILES string of the molecule is CC1C(=O)C=C2C=C3C(=O)C(C)(C)C4OC34C21C. The summed E-state index contributed by atoms with van der Waals surface area (Å²) in [6.45, 7) is 7.92. The van der Waals surface area contributed by atoms with Gasteiger partial charge >= 0.3 is 0 Å². The summed E-state index contributed by atoms with van der Waals surface area (Å²) in [6.07, 6.45) is 3.55. The normalized spacial score (nSPS) is 50.7. The van der Waals surface area contributed by atoms with Gasteiger partial charge in [0.1, 0.15) is 11.7 Å². The molecule has 0 radical (unpaired) electrons. The number of ketones is 2. The fourth-order valence-corrected chi connectivity index (χ4v) is 4.34. The summed E-state index contributed by atoms with van der Waals surface area (Å²) in [4.78, 5) is 24.4. The summed E-state index contributed by atoms with van der Waals surface area (Å²) in [5.74, 6) is 0.242. The van der Waals surface area contributed by atoms with Gasteiger partial charge in [0.05, 0.1) is 5.41 Å². The van der Waals surface area contributed by atoms with Crippen molar-refractivity contribution in [3.63, 3.8) is 0 Å².